The molecular formula is C49H32N2O2. The van der Waals surface area contributed by atoms with Gasteiger partial charge in [-0.15, -0.1) is 0 Å². The highest BCUT2D eigenvalue weighted by Crippen LogP contribution is 2.44. The summed E-state index contributed by atoms with van der Waals surface area (Å²) >= 11 is 0. The molecule has 8 aromatic carbocycles. The Kier molecular flexibility index (Phi) is 7.43. The molecule has 2 heterocycles. The molecule has 0 saturated heterocycles. The summed E-state index contributed by atoms with van der Waals surface area (Å²) in [6.07, 6.45) is 0. The maximum Gasteiger partial charge on any atom is 0.227 e. The van der Waals surface area contributed by atoms with Crippen molar-refractivity contribution in [1.82, 2.24) is 4.98 Å². The minimum Gasteiger partial charge on any atom is -0.456 e. The first kappa shape index (κ1) is 30.6. The number of anilines is 3. The van der Waals surface area contributed by atoms with E-state index in [9.17, 15) is 0 Å². The van der Waals surface area contributed by atoms with E-state index in [4.69, 9.17) is 13.8 Å². The summed E-state index contributed by atoms with van der Waals surface area (Å²) in [5.74, 6) is 0.594. The second-order valence-electron chi connectivity index (χ2n) is 13.2. The lowest BCUT2D eigenvalue weighted by Gasteiger charge is -2.28. The number of benzene rings is 8. The van der Waals surface area contributed by atoms with Crippen LogP contribution in [-0.2, 0) is 0 Å². The maximum absolute atomic E-state index is 6.42. The Morgan fingerprint density at radius 1 is 0.358 bits per heavy atom. The Morgan fingerprint density at radius 2 is 0.887 bits per heavy atom. The molecule has 0 aliphatic rings. The minimum absolute atomic E-state index is 0.594. The van der Waals surface area contributed by atoms with Gasteiger partial charge >= 0.3 is 0 Å². The molecule has 0 atom stereocenters. The molecule has 0 fully saturated rings. The van der Waals surface area contributed by atoms with Crippen molar-refractivity contribution in [3.63, 3.8) is 0 Å². The van der Waals surface area contributed by atoms with Crippen molar-refractivity contribution in [2.45, 2.75) is 0 Å². The molecule has 10 rings (SSSR count). The largest absolute Gasteiger partial charge is 0.456 e. The average Bonchev–Trinajstić information content (AvgIpc) is 3.82. The number of hydrogen-bond donors (Lipinski definition) is 0. The zero-order valence-corrected chi connectivity index (χ0v) is 28.7. The highest BCUT2D eigenvalue weighted by molar-refractivity contribution is 6.10. The molecule has 0 N–H and O–H groups in total. The average molecular weight is 681 g/mol. The first-order valence-corrected chi connectivity index (χ1v) is 17.8. The summed E-state index contributed by atoms with van der Waals surface area (Å²) in [5, 5.41) is 2.01. The summed E-state index contributed by atoms with van der Waals surface area (Å²) in [6.45, 7) is 0. The van der Waals surface area contributed by atoms with Crippen LogP contribution in [0.5, 0.6) is 0 Å². The van der Waals surface area contributed by atoms with Crippen LogP contribution in [0.2, 0.25) is 0 Å². The van der Waals surface area contributed by atoms with E-state index >= 15 is 0 Å². The van der Waals surface area contributed by atoms with Gasteiger partial charge in [0, 0.05) is 39.3 Å². The van der Waals surface area contributed by atoms with Crippen molar-refractivity contribution in [3.8, 4) is 44.8 Å². The van der Waals surface area contributed by atoms with Crippen molar-refractivity contribution in [2.75, 3.05) is 4.90 Å². The maximum atomic E-state index is 6.42. The normalized spacial score (nSPS) is 11.4. The molecule has 0 aliphatic heterocycles. The summed E-state index contributed by atoms with van der Waals surface area (Å²) in [4.78, 5) is 7.20. The zero-order valence-electron chi connectivity index (χ0n) is 28.7. The van der Waals surface area contributed by atoms with E-state index in [2.05, 4.69) is 163 Å². The molecule has 4 nitrogen and oxygen atoms in total. The van der Waals surface area contributed by atoms with Crippen molar-refractivity contribution in [2.24, 2.45) is 0 Å². The van der Waals surface area contributed by atoms with Crippen LogP contribution in [0, 0.1) is 0 Å². The lowest BCUT2D eigenvalue weighted by molar-refractivity contribution is 0.617. The Morgan fingerprint density at radius 3 is 1.57 bits per heavy atom. The molecule has 2 aromatic heterocycles. The molecule has 0 saturated carbocycles. The van der Waals surface area contributed by atoms with Gasteiger partial charge in [0.05, 0.1) is 5.69 Å². The van der Waals surface area contributed by atoms with Gasteiger partial charge in [0.1, 0.15) is 16.7 Å². The second kappa shape index (κ2) is 12.9. The molecule has 4 heteroatoms. The Hall–Kier alpha value is -7.17. The number of hydrogen-bond acceptors (Lipinski definition) is 4. The fourth-order valence-corrected chi connectivity index (χ4v) is 7.28. The lowest BCUT2D eigenvalue weighted by Crippen LogP contribution is -2.11. The smallest absolute Gasteiger partial charge is 0.227 e. The van der Waals surface area contributed by atoms with Crippen LogP contribution < -0.4 is 4.90 Å². The van der Waals surface area contributed by atoms with Crippen molar-refractivity contribution < 1.29 is 8.83 Å². The predicted molar refractivity (Wildman–Crippen MR) is 218 cm³/mol. The number of aromatic nitrogens is 1. The molecule has 0 unspecified atom stereocenters. The van der Waals surface area contributed by atoms with E-state index in [1.54, 1.807) is 0 Å². The van der Waals surface area contributed by atoms with Crippen LogP contribution in [0.15, 0.2) is 203 Å². The highest BCUT2D eigenvalue weighted by Gasteiger charge is 2.20. The summed E-state index contributed by atoms with van der Waals surface area (Å²) in [5.41, 5.74) is 14.2. The number of oxazole rings is 1. The Balaban J connectivity index is 1.12. The standard InChI is InChI=1S/C49H32N2O2/c1-4-12-33(13-5-1)35-20-22-37(23-21-35)41-18-10-11-19-45(41)51(39-26-24-36(25-27-39)34-14-6-2-7-15-34)40-28-29-46-42(30-40)43-31-44-48(32-47(43)52-46)53-49(50-44)38-16-8-3-9-17-38/h1-32H. The molecule has 0 amide bonds. The van der Waals surface area contributed by atoms with Gasteiger partial charge in [0.25, 0.3) is 0 Å². The predicted octanol–water partition coefficient (Wildman–Crippen LogP) is 13.9. The van der Waals surface area contributed by atoms with Crippen LogP contribution in [-0.4, -0.2) is 4.98 Å². The third-order valence-electron chi connectivity index (χ3n) is 9.92. The van der Waals surface area contributed by atoms with Crippen molar-refractivity contribution >= 4 is 50.1 Å². The van der Waals surface area contributed by atoms with E-state index in [0.29, 0.717) is 11.5 Å². The zero-order chi connectivity index (χ0) is 35.1. The molecule has 0 spiro atoms. The minimum atomic E-state index is 0.594. The first-order chi connectivity index (χ1) is 26.2. The molecule has 0 radical (unpaired) electrons. The molecule has 0 bridgehead atoms. The number of nitrogens with zero attached hydrogens (tertiary/aromatic N) is 2. The van der Waals surface area contributed by atoms with E-state index in [0.717, 1.165) is 61.2 Å². The number of rotatable bonds is 7. The van der Waals surface area contributed by atoms with Crippen LogP contribution >= 0.6 is 0 Å². The molecule has 250 valence electrons. The van der Waals surface area contributed by atoms with Crippen molar-refractivity contribution in [1.29, 1.82) is 0 Å². The van der Waals surface area contributed by atoms with E-state index in [-0.39, 0.29) is 0 Å². The third-order valence-corrected chi connectivity index (χ3v) is 9.92. The van der Waals surface area contributed by atoms with Gasteiger partial charge in [-0.1, -0.05) is 133 Å². The Bertz CT molecular complexity index is 2860. The SMILES string of the molecule is c1ccc(-c2ccc(-c3ccccc3N(c3ccc(-c4ccccc4)cc3)c3ccc4oc5cc6oc(-c7ccccc7)nc6cc5c4c3)cc2)cc1. The van der Waals surface area contributed by atoms with Gasteiger partial charge in [-0.25, -0.2) is 4.98 Å². The topological polar surface area (TPSA) is 42.4 Å². The fraction of sp³-hybridized carbons (Fsp3) is 0. The third kappa shape index (κ3) is 5.63. The monoisotopic (exact) mass is 680 g/mol. The lowest BCUT2D eigenvalue weighted by atomic mass is 9.98. The van der Waals surface area contributed by atoms with Gasteiger partial charge in [0.15, 0.2) is 5.58 Å². The van der Waals surface area contributed by atoms with Gasteiger partial charge in [-0.3, -0.25) is 0 Å². The van der Waals surface area contributed by atoms with E-state index < -0.39 is 0 Å². The van der Waals surface area contributed by atoms with Gasteiger partial charge in [-0.05, 0) is 82.4 Å². The fourth-order valence-electron chi connectivity index (χ4n) is 7.28. The first-order valence-electron chi connectivity index (χ1n) is 17.8. The summed E-state index contributed by atoms with van der Waals surface area (Å²) < 4.78 is 12.6. The van der Waals surface area contributed by atoms with Gasteiger partial charge in [-0.2, -0.15) is 0 Å². The molecule has 0 aliphatic carbocycles. The molecule has 10 aromatic rings. The summed E-state index contributed by atoms with van der Waals surface area (Å²) in [7, 11) is 0. The van der Waals surface area contributed by atoms with E-state index in [1.807, 2.05) is 36.4 Å². The van der Waals surface area contributed by atoms with E-state index in [1.165, 1.54) is 22.3 Å². The van der Waals surface area contributed by atoms with Crippen LogP contribution in [0.1, 0.15) is 0 Å². The van der Waals surface area contributed by atoms with Crippen LogP contribution in [0.25, 0.3) is 77.9 Å². The quantitative estimate of drug-likeness (QED) is 0.168. The highest BCUT2D eigenvalue weighted by atomic mass is 16.4. The number of para-hydroxylation sites is 1. The van der Waals surface area contributed by atoms with Gasteiger partial charge < -0.3 is 13.7 Å². The Labute approximate surface area is 306 Å². The number of fused-ring (bicyclic) bond motifs is 4. The molecule has 53 heavy (non-hydrogen) atoms. The second-order valence-corrected chi connectivity index (χ2v) is 13.2. The summed E-state index contributed by atoms with van der Waals surface area (Å²) in [6, 6.07) is 67.8. The molecular weight excluding hydrogens is 649 g/mol. The van der Waals surface area contributed by atoms with Crippen LogP contribution in [0.3, 0.4) is 0 Å². The van der Waals surface area contributed by atoms with Crippen LogP contribution in [0.4, 0.5) is 17.1 Å². The van der Waals surface area contributed by atoms with Gasteiger partial charge in [0.2, 0.25) is 5.89 Å². The van der Waals surface area contributed by atoms with Crippen molar-refractivity contribution in [3.05, 3.63) is 194 Å². The number of furan rings is 1.